The molecule has 2 aromatic heterocycles. The van der Waals surface area contributed by atoms with Crippen molar-refractivity contribution >= 4 is 28.5 Å². The summed E-state index contributed by atoms with van der Waals surface area (Å²) in [5.41, 5.74) is 0.784. The van der Waals surface area contributed by atoms with Gasteiger partial charge in [0.1, 0.15) is 17.9 Å². The highest BCUT2D eigenvalue weighted by Gasteiger charge is 2.21. The van der Waals surface area contributed by atoms with Crippen molar-refractivity contribution in [1.82, 2.24) is 19.0 Å². The molecule has 3 aromatic rings. The molecule has 0 bridgehead atoms. The molecule has 31 heavy (non-hydrogen) atoms. The largest absolute Gasteiger partial charge is 0.332 e. The van der Waals surface area contributed by atoms with Crippen LogP contribution in [0.15, 0.2) is 46.0 Å². The minimum atomic E-state index is -0.530. The summed E-state index contributed by atoms with van der Waals surface area (Å²) in [6.07, 6.45) is 0.649. The fourth-order valence-corrected chi connectivity index (χ4v) is 3.33. The minimum Gasteiger partial charge on any atom is -0.328 e. The number of hydrogen-bond donors (Lipinski definition) is 1. The molecule has 9 nitrogen and oxygen atoms in total. The van der Waals surface area contributed by atoms with Crippen molar-refractivity contribution in [2.45, 2.75) is 20.3 Å². The summed E-state index contributed by atoms with van der Waals surface area (Å²) in [5.74, 6) is -0.769. The predicted molar refractivity (Wildman–Crippen MR) is 118 cm³/mol. The molecule has 2 heterocycles. The molecule has 0 aliphatic heterocycles. The molecule has 0 atom stereocenters. The van der Waals surface area contributed by atoms with Gasteiger partial charge >= 0.3 is 5.69 Å². The van der Waals surface area contributed by atoms with E-state index in [4.69, 9.17) is 0 Å². The normalized spacial score (nSPS) is 10.8. The Balaban J connectivity index is 1.90. The quantitative estimate of drug-likeness (QED) is 0.646. The highest BCUT2D eigenvalue weighted by atomic mass is 16.2. The van der Waals surface area contributed by atoms with Gasteiger partial charge in [0, 0.05) is 26.3 Å². The van der Waals surface area contributed by atoms with Gasteiger partial charge in [0.05, 0.1) is 5.39 Å². The van der Waals surface area contributed by atoms with Crippen LogP contribution in [0.1, 0.15) is 29.4 Å². The number of benzene rings is 1. The lowest BCUT2D eigenvalue weighted by molar-refractivity contribution is -0.116. The molecule has 0 saturated carbocycles. The summed E-state index contributed by atoms with van der Waals surface area (Å²) in [6.45, 7) is 4.00. The lowest BCUT2D eigenvalue weighted by atomic mass is 10.2. The first-order valence-electron chi connectivity index (χ1n) is 9.96. The number of amides is 2. The van der Waals surface area contributed by atoms with Crippen LogP contribution >= 0.6 is 0 Å². The SMILES string of the molecule is CCCN(CC(=O)Nc1ccccc1C)C(=O)c1ccc2c(=O)n(C)c(=O)n(C)c2n1. The van der Waals surface area contributed by atoms with E-state index in [2.05, 4.69) is 10.3 Å². The van der Waals surface area contributed by atoms with Gasteiger partial charge in [-0.05, 0) is 37.1 Å². The van der Waals surface area contributed by atoms with Gasteiger partial charge in [-0.15, -0.1) is 0 Å². The van der Waals surface area contributed by atoms with Crippen LogP contribution < -0.4 is 16.6 Å². The molecular weight excluding hydrogens is 398 g/mol. The second-order valence-electron chi connectivity index (χ2n) is 7.36. The average molecular weight is 423 g/mol. The van der Waals surface area contributed by atoms with Gasteiger partial charge in [0.25, 0.3) is 11.5 Å². The Morgan fingerprint density at radius 1 is 1.06 bits per heavy atom. The standard InChI is InChI=1S/C22H25N5O4/c1-5-12-27(13-18(28)23-16-9-7-6-8-14(16)2)21(30)17-11-10-15-19(24-17)25(3)22(31)26(4)20(15)29/h6-11H,5,12-13H2,1-4H3,(H,23,28). The van der Waals surface area contributed by atoms with Crippen molar-refractivity contribution < 1.29 is 9.59 Å². The van der Waals surface area contributed by atoms with Crippen molar-refractivity contribution in [2.75, 3.05) is 18.4 Å². The summed E-state index contributed by atoms with van der Waals surface area (Å²) >= 11 is 0. The molecule has 3 rings (SSSR count). The summed E-state index contributed by atoms with van der Waals surface area (Å²) in [6, 6.07) is 10.3. The summed E-state index contributed by atoms with van der Waals surface area (Å²) < 4.78 is 2.22. The van der Waals surface area contributed by atoms with E-state index >= 15 is 0 Å². The minimum absolute atomic E-state index is 0.0629. The Morgan fingerprint density at radius 2 is 1.77 bits per heavy atom. The van der Waals surface area contributed by atoms with Gasteiger partial charge in [-0.25, -0.2) is 9.78 Å². The Kier molecular flexibility index (Phi) is 6.33. The molecule has 0 fully saturated rings. The van der Waals surface area contributed by atoms with Crippen LogP contribution in [-0.2, 0) is 18.9 Å². The number of aromatic nitrogens is 3. The van der Waals surface area contributed by atoms with E-state index in [0.717, 1.165) is 10.1 Å². The predicted octanol–water partition coefficient (Wildman–Crippen LogP) is 1.43. The van der Waals surface area contributed by atoms with E-state index in [1.165, 1.54) is 35.7 Å². The number of anilines is 1. The molecule has 2 amide bonds. The summed E-state index contributed by atoms with van der Waals surface area (Å²) in [5, 5.41) is 3.06. The second kappa shape index (κ2) is 8.95. The van der Waals surface area contributed by atoms with E-state index in [1.54, 1.807) is 6.07 Å². The molecule has 0 saturated heterocycles. The van der Waals surface area contributed by atoms with Crippen LogP contribution in [0.4, 0.5) is 5.69 Å². The van der Waals surface area contributed by atoms with E-state index < -0.39 is 17.2 Å². The van der Waals surface area contributed by atoms with Crippen molar-refractivity contribution in [3.05, 3.63) is 68.5 Å². The lowest BCUT2D eigenvalue weighted by Gasteiger charge is -2.21. The molecule has 162 valence electrons. The molecule has 1 N–H and O–H groups in total. The zero-order chi connectivity index (χ0) is 22.7. The smallest absolute Gasteiger partial charge is 0.328 e. The fraction of sp³-hybridized carbons (Fsp3) is 0.318. The first-order valence-corrected chi connectivity index (χ1v) is 9.96. The molecule has 1 aromatic carbocycles. The highest BCUT2D eigenvalue weighted by molar-refractivity contribution is 5.99. The number of aryl methyl sites for hydroxylation is 2. The Labute approximate surface area is 178 Å². The summed E-state index contributed by atoms with van der Waals surface area (Å²) in [7, 11) is 2.88. The topological polar surface area (TPSA) is 106 Å². The molecule has 0 unspecified atom stereocenters. The number of fused-ring (bicyclic) bond motifs is 1. The average Bonchev–Trinajstić information content (AvgIpc) is 2.76. The number of nitrogens with zero attached hydrogens (tertiary/aromatic N) is 4. The zero-order valence-electron chi connectivity index (χ0n) is 18.0. The van der Waals surface area contributed by atoms with Crippen LogP contribution in [0, 0.1) is 6.92 Å². The Morgan fingerprint density at radius 3 is 2.45 bits per heavy atom. The van der Waals surface area contributed by atoms with Crippen molar-refractivity contribution in [2.24, 2.45) is 14.1 Å². The van der Waals surface area contributed by atoms with Crippen molar-refractivity contribution in [3.8, 4) is 0 Å². The first kappa shape index (κ1) is 21.9. The van der Waals surface area contributed by atoms with Gasteiger partial charge < -0.3 is 10.2 Å². The Bertz CT molecular complexity index is 1280. The lowest BCUT2D eigenvalue weighted by Crippen LogP contribution is -2.40. The van der Waals surface area contributed by atoms with Gasteiger partial charge in [-0.2, -0.15) is 0 Å². The van der Waals surface area contributed by atoms with Crippen LogP contribution in [-0.4, -0.2) is 43.9 Å². The number of pyridine rings is 1. The van der Waals surface area contributed by atoms with E-state index in [0.29, 0.717) is 18.7 Å². The van der Waals surface area contributed by atoms with E-state index in [-0.39, 0.29) is 29.2 Å². The third-order valence-corrected chi connectivity index (χ3v) is 5.06. The monoisotopic (exact) mass is 423 g/mol. The van der Waals surface area contributed by atoms with Gasteiger partial charge in [0.2, 0.25) is 5.91 Å². The fourth-order valence-electron chi connectivity index (χ4n) is 3.33. The number of carbonyl (C=O) groups excluding carboxylic acids is 2. The third kappa shape index (κ3) is 4.40. The second-order valence-corrected chi connectivity index (χ2v) is 7.36. The van der Waals surface area contributed by atoms with Crippen LogP contribution in [0.25, 0.3) is 11.0 Å². The first-order chi connectivity index (χ1) is 14.7. The maximum absolute atomic E-state index is 13.1. The van der Waals surface area contributed by atoms with Gasteiger partial charge in [-0.1, -0.05) is 25.1 Å². The molecule has 9 heteroatoms. The summed E-state index contributed by atoms with van der Waals surface area (Å²) in [4.78, 5) is 55.9. The van der Waals surface area contributed by atoms with Crippen molar-refractivity contribution in [1.29, 1.82) is 0 Å². The Hall–Kier alpha value is -3.75. The number of hydrogen-bond acceptors (Lipinski definition) is 5. The highest BCUT2D eigenvalue weighted by Crippen LogP contribution is 2.14. The maximum Gasteiger partial charge on any atom is 0.332 e. The molecule has 0 aliphatic carbocycles. The van der Waals surface area contributed by atoms with Crippen molar-refractivity contribution in [3.63, 3.8) is 0 Å². The van der Waals surface area contributed by atoms with Gasteiger partial charge in [0.15, 0.2) is 0 Å². The number of para-hydroxylation sites is 1. The molecule has 0 aliphatic rings. The van der Waals surface area contributed by atoms with E-state index in [1.807, 2.05) is 32.0 Å². The van der Waals surface area contributed by atoms with Crippen LogP contribution in [0.3, 0.4) is 0 Å². The van der Waals surface area contributed by atoms with Crippen LogP contribution in [0.5, 0.6) is 0 Å². The van der Waals surface area contributed by atoms with E-state index in [9.17, 15) is 19.2 Å². The maximum atomic E-state index is 13.1. The number of carbonyl (C=O) groups is 2. The van der Waals surface area contributed by atoms with Crippen LogP contribution in [0.2, 0.25) is 0 Å². The molecular formula is C22H25N5O4. The van der Waals surface area contributed by atoms with Gasteiger partial charge in [-0.3, -0.25) is 23.5 Å². The molecule has 0 radical (unpaired) electrons. The number of rotatable bonds is 6. The third-order valence-electron chi connectivity index (χ3n) is 5.06. The zero-order valence-corrected chi connectivity index (χ0v) is 18.0. The number of nitrogens with one attached hydrogen (secondary N) is 1. The molecule has 0 spiro atoms.